The van der Waals surface area contributed by atoms with Crippen LogP contribution in [-0.4, -0.2) is 73.9 Å². The molecule has 30 heavy (non-hydrogen) atoms. The molecule has 1 aliphatic rings. The van der Waals surface area contributed by atoms with Crippen LogP contribution in [0.4, 0.5) is 5.95 Å². The second kappa shape index (κ2) is 13.2. The molecule has 164 valence electrons. The third-order valence-corrected chi connectivity index (χ3v) is 4.64. The molecule has 1 aliphatic heterocycles. The van der Waals surface area contributed by atoms with Crippen molar-refractivity contribution in [2.24, 2.45) is 4.99 Å². The van der Waals surface area contributed by atoms with Gasteiger partial charge in [0.15, 0.2) is 5.96 Å². The predicted molar refractivity (Wildman–Crippen MR) is 130 cm³/mol. The van der Waals surface area contributed by atoms with Crippen LogP contribution in [0, 0.1) is 0 Å². The maximum Gasteiger partial charge on any atom is 0.225 e. The van der Waals surface area contributed by atoms with E-state index in [0.717, 1.165) is 55.9 Å². The topological polar surface area (TPSA) is 75.1 Å². The lowest BCUT2D eigenvalue weighted by Gasteiger charge is -2.36. The average molecular weight is 526 g/mol. The van der Waals surface area contributed by atoms with E-state index in [-0.39, 0.29) is 24.0 Å². The summed E-state index contributed by atoms with van der Waals surface area (Å²) in [7, 11) is 1.67. The van der Waals surface area contributed by atoms with E-state index in [4.69, 9.17) is 14.5 Å². The Kier molecular flexibility index (Phi) is 10.6. The van der Waals surface area contributed by atoms with Crippen LogP contribution in [0.25, 0.3) is 0 Å². The quantitative estimate of drug-likeness (QED) is 0.245. The summed E-state index contributed by atoms with van der Waals surface area (Å²) in [6, 6.07) is 9.91. The molecule has 9 heteroatoms. The van der Waals surface area contributed by atoms with Crippen molar-refractivity contribution in [1.29, 1.82) is 0 Å². The molecule has 3 rings (SSSR count). The molecule has 0 amide bonds. The van der Waals surface area contributed by atoms with Gasteiger partial charge in [0.05, 0.1) is 13.2 Å². The lowest BCUT2D eigenvalue weighted by molar-refractivity contribution is 0.146. The lowest BCUT2D eigenvalue weighted by Crippen LogP contribution is -2.52. The number of benzene rings is 1. The zero-order valence-electron chi connectivity index (χ0n) is 17.7. The number of rotatable bonds is 8. The standard InChI is InChI=1S/C21H30N6O2.HI/c1-3-22-20(25-17-18-5-7-19(8-6-18)29-16-15-28-2)26-11-13-27(14-12-26)21-23-9-4-10-24-21;/h4-10H,3,11-17H2,1-2H3,(H,22,25);1H. The van der Waals surface area contributed by atoms with Gasteiger partial charge < -0.3 is 24.6 Å². The monoisotopic (exact) mass is 526 g/mol. The third kappa shape index (κ3) is 7.28. The van der Waals surface area contributed by atoms with Crippen molar-refractivity contribution in [3.05, 3.63) is 48.3 Å². The number of aliphatic imine (C=N–C) groups is 1. The molecular formula is C21H31IN6O2. The van der Waals surface area contributed by atoms with E-state index < -0.39 is 0 Å². The average Bonchev–Trinajstić information content (AvgIpc) is 2.78. The van der Waals surface area contributed by atoms with Crippen molar-refractivity contribution >= 4 is 35.9 Å². The molecule has 0 aliphatic carbocycles. The highest BCUT2D eigenvalue weighted by Gasteiger charge is 2.21. The molecular weight excluding hydrogens is 495 g/mol. The molecule has 1 aromatic heterocycles. The highest BCUT2D eigenvalue weighted by molar-refractivity contribution is 14.0. The van der Waals surface area contributed by atoms with Gasteiger partial charge in [-0.05, 0) is 30.7 Å². The minimum absolute atomic E-state index is 0. The van der Waals surface area contributed by atoms with Gasteiger partial charge in [0.25, 0.3) is 0 Å². The summed E-state index contributed by atoms with van der Waals surface area (Å²) in [5.41, 5.74) is 1.15. The van der Waals surface area contributed by atoms with Crippen molar-refractivity contribution in [2.45, 2.75) is 13.5 Å². The minimum atomic E-state index is 0. The number of ether oxygens (including phenoxy) is 2. The zero-order valence-corrected chi connectivity index (χ0v) is 20.0. The van der Waals surface area contributed by atoms with Crippen LogP contribution < -0.4 is 15.0 Å². The summed E-state index contributed by atoms with van der Waals surface area (Å²) in [5, 5.41) is 3.41. The van der Waals surface area contributed by atoms with Gasteiger partial charge in [-0.3, -0.25) is 0 Å². The van der Waals surface area contributed by atoms with Crippen molar-refractivity contribution in [3.8, 4) is 5.75 Å². The number of guanidine groups is 1. The maximum absolute atomic E-state index is 5.61. The van der Waals surface area contributed by atoms with E-state index in [9.17, 15) is 0 Å². The smallest absolute Gasteiger partial charge is 0.225 e. The number of methoxy groups -OCH3 is 1. The van der Waals surface area contributed by atoms with Crippen LogP contribution in [0.5, 0.6) is 5.75 Å². The molecule has 8 nitrogen and oxygen atoms in total. The first-order chi connectivity index (χ1) is 14.3. The van der Waals surface area contributed by atoms with Gasteiger partial charge in [-0.1, -0.05) is 12.1 Å². The summed E-state index contributed by atoms with van der Waals surface area (Å²) >= 11 is 0. The number of hydrogen-bond donors (Lipinski definition) is 1. The largest absolute Gasteiger partial charge is 0.491 e. The molecule has 1 saturated heterocycles. The number of nitrogens with zero attached hydrogens (tertiary/aromatic N) is 5. The first-order valence-corrected chi connectivity index (χ1v) is 10.1. The summed E-state index contributed by atoms with van der Waals surface area (Å²) < 4.78 is 10.6. The van der Waals surface area contributed by atoms with Gasteiger partial charge in [-0.15, -0.1) is 24.0 Å². The summed E-state index contributed by atoms with van der Waals surface area (Å²) in [6.45, 7) is 8.22. The molecule has 0 saturated carbocycles. The molecule has 0 bridgehead atoms. The van der Waals surface area contributed by atoms with Crippen LogP contribution in [0.15, 0.2) is 47.7 Å². The summed E-state index contributed by atoms with van der Waals surface area (Å²) in [4.78, 5) is 18.0. The Balaban J connectivity index is 0.00000320. The fraction of sp³-hybridized carbons (Fsp3) is 0.476. The van der Waals surface area contributed by atoms with Gasteiger partial charge in [0, 0.05) is 52.2 Å². The molecule has 1 aromatic carbocycles. The highest BCUT2D eigenvalue weighted by Crippen LogP contribution is 2.14. The number of piperazine rings is 1. The van der Waals surface area contributed by atoms with E-state index in [0.29, 0.717) is 19.8 Å². The van der Waals surface area contributed by atoms with E-state index in [1.807, 2.05) is 18.2 Å². The van der Waals surface area contributed by atoms with Gasteiger partial charge in [0.1, 0.15) is 12.4 Å². The number of nitrogens with one attached hydrogen (secondary N) is 1. The van der Waals surface area contributed by atoms with Crippen LogP contribution in [0.2, 0.25) is 0 Å². The minimum Gasteiger partial charge on any atom is -0.491 e. The second-order valence-electron chi connectivity index (χ2n) is 6.68. The Labute approximate surface area is 195 Å². The van der Waals surface area contributed by atoms with Gasteiger partial charge in [0.2, 0.25) is 5.95 Å². The summed E-state index contributed by atoms with van der Waals surface area (Å²) in [6.07, 6.45) is 3.57. The molecule has 2 aromatic rings. The lowest BCUT2D eigenvalue weighted by atomic mass is 10.2. The Hall–Kier alpha value is -2.14. The van der Waals surface area contributed by atoms with Crippen molar-refractivity contribution in [3.63, 3.8) is 0 Å². The Morgan fingerprint density at radius 1 is 1.07 bits per heavy atom. The van der Waals surface area contributed by atoms with Crippen molar-refractivity contribution in [1.82, 2.24) is 20.2 Å². The highest BCUT2D eigenvalue weighted by atomic mass is 127. The number of halogens is 1. The molecule has 1 fully saturated rings. The molecule has 0 spiro atoms. The number of anilines is 1. The van der Waals surface area contributed by atoms with Gasteiger partial charge >= 0.3 is 0 Å². The fourth-order valence-corrected chi connectivity index (χ4v) is 3.10. The van der Waals surface area contributed by atoms with Crippen LogP contribution >= 0.6 is 24.0 Å². The first kappa shape index (κ1) is 24.1. The van der Waals surface area contributed by atoms with E-state index >= 15 is 0 Å². The molecule has 0 atom stereocenters. The molecule has 0 unspecified atom stereocenters. The zero-order chi connectivity index (χ0) is 20.3. The fourth-order valence-electron chi connectivity index (χ4n) is 3.10. The predicted octanol–water partition coefficient (Wildman–Crippen LogP) is 2.41. The Morgan fingerprint density at radius 2 is 1.77 bits per heavy atom. The maximum atomic E-state index is 5.61. The first-order valence-electron chi connectivity index (χ1n) is 10.1. The molecule has 2 heterocycles. The number of hydrogen-bond acceptors (Lipinski definition) is 6. The summed E-state index contributed by atoms with van der Waals surface area (Å²) in [5.74, 6) is 2.59. The van der Waals surface area contributed by atoms with Crippen LogP contribution in [0.3, 0.4) is 0 Å². The third-order valence-electron chi connectivity index (χ3n) is 4.64. The molecule has 0 radical (unpaired) electrons. The second-order valence-corrected chi connectivity index (χ2v) is 6.68. The van der Waals surface area contributed by atoms with Crippen LogP contribution in [0.1, 0.15) is 12.5 Å². The Bertz CT molecular complexity index is 752. The van der Waals surface area contributed by atoms with Crippen molar-refractivity contribution < 1.29 is 9.47 Å². The Morgan fingerprint density at radius 3 is 2.40 bits per heavy atom. The van der Waals surface area contributed by atoms with E-state index in [1.54, 1.807) is 19.5 Å². The van der Waals surface area contributed by atoms with Gasteiger partial charge in [-0.2, -0.15) is 0 Å². The SMILES string of the molecule is CCNC(=NCc1ccc(OCCOC)cc1)N1CCN(c2ncccn2)CC1.I. The van der Waals surface area contributed by atoms with Crippen molar-refractivity contribution in [2.75, 3.05) is 57.9 Å². The van der Waals surface area contributed by atoms with Gasteiger partial charge in [-0.25, -0.2) is 15.0 Å². The number of aromatic nitrogens is 2. The van der Waals surface area contributed by atoms with Crippen LogP contribution in [-0.2, 0) is 11.3 Å². The normalized spacial score (nSPS) is 14.3. The van der Waals surface area contributed by atoms with E-state index in [1.165, 1.54) is 0 Å². The van der Waals surface area contributed by atoms with E-state index in [2.05, 4.69) is 44.1 Å². The molecule has 1 N–H and O–H groups in total.